The molecule has 3 heterocycles. The minimum atomic E-state index is -0.409. The minimum absolute atomic E-state index is 0.0417. The molecule has 3 aliphatic rings. The van der Waals surface area contributed by atoms with E-state index in [1.54, 1.807) is 0 Å². The number of fused-ring (bicyclic) bond motifs is 2. The summed E-state index contributed by atoms with van der Waals surface area (Å²) in [5, 5.41) is 3.10. The maximum atomic E-state index is 12.7. The number of ether oxygens (including phenoxy) is 1. The van der Waals surface area contributed by atoms with Crippen molar-refractivity contribution in [3.63, 3.8) is 0 Å². The quantitative estimate of drug-likeness (QED) is 0.797. The van der Waals surface area contributed by atoms with Crippen LogP contribution in [0.3, 0.4) is 0 Å². The van der Waals surface area contributed by atoms with Gasteiger partial charge in [0.15, 0.2) is 6.10 Å². The zero-order valence-corrected chi connectivity index (χ0v) is 16.8. The third-order valence-electron chi connectivity index (χ3n) is 6.74. The van der Waals surface area contributed by atoms with Crippen molar-refractivity contribution in [3.8, 4) is 0 Å². The smallest absolute Gasteiger partial charge is 0.251 e. The zero-order valence-electron chi connectivity index (χ0n) is 16.8. The standard InChI is InChI=1S/C21H34N4O2/c1-3-16(4-2)14-24-10-7-21(8-11-24)20-22-9-12-25(20)15-18(27-21)19(26)23-13-17-5-6-17/h9,12,16-18H,3-8,10-11,13-15H2,1-2H3,(H,23,26)/t18-/m0/s1. The van der Waals surface area contributed by atoms with E-state index in [4.69, 9.17) is 4.74 Å². The maximum absolute atomic E-state index is 12.7. The monoisotopic (exact) mass is 374 g/mol. The van der Waals surface area contributed by atoms with Crippen LogP contribution in [0.4, 0.5) is 0 Å². The SMILES string of the molecule is CCC(CC)CN1CCC2(CC1)O[C@H](C(=O)NCC1CC1)Cn1ccnc12. The second-order valence-corrected chi connectivity index (χ2v) is 8.68. The van der Waals surface area contributed by atoms with E-state index in [9.17, 15) is 4.79 Å². The predicted molar refractivity (Wildman–Crippen MR) is 104 cm³/mol. The number of hydrogen-bond donors (Lipinski definition) is 1. The molecule has 2 aliphatic heterocycles. The van der Waals surface area contributed by atoms with Crippen molar-refractivity contribution in [1.82, 2.24) is 19.8 Å². The van der Waals surface area contributed by atoms with Crippen LogP contribution in [0.15, 0.2) is 12.4 Å². The first-order valence-electron chi connectivity index (χ1n) is 10.8. The number of carbonyl (C=O) groups excluding carboxylic acids is 1. The van der Waals surface area contributed by atoms with Gasteiger partial charge in [-0.15, -0.1) is 0 Å². The first-order chi connectivity index (χ1) is 13.1. The Hall–Kier alpha value is -1.40. The summed E-state index contributed by atoms with van der Waals surface area (Å²) in [5.41, 5.74) is -0.409. The number of piperidine rings is 1. The third kappa shape index (κ3) is 4.06. The van der Waals surface area contributed by atoms with Gasteiger partial charge < -0.3 is 19.5 Å². The third-order valence-corrected chi connectivity index (χ3v) is 6.74. The van der Waals surface area contributed by atoms with E-state index in [0.717, 1.165) is 44.2 Å². The van der Waals surface area contributed by atoms with Crippen LogP contribution in [-0.2, 0) is 21.7 Å². The van der Waals surface area contributed by atoms with E-state index in [-0.39, 0.29) is 5.91 Å². The Morgan fingerprint density at radius 1 is 1.33 bits per heavy atom. The lowest BCUT2D eigenvalue weighted by Crippen LogP contribution is -2.54. The fourth-order valence-corrected chi connectivity index (χ4v) is 4.56. The van der Waals surface area contributed by atoms with Gasteiger partial charge in [-0.25, -0.2) is 4.98 Å². The molecule has 150 valence electrons. The minimum Gasteiger partial charge on any atom is -0.354 e. The van der Waals surface area contributed by atoms with Crippen LogP contribution in [0.25, 0.3) is 0 Å². The molecule has 1 amide bonds. The summed E-state index contributed by atoms with van der Waals surface area (Å²) in [7, 11) is 0. The normalized spacial score (nSPS) is 24.9. The summed E-state index contributed by atoms with van der Waals surface area (Å²) in [6, 6.07) is 0. The van der Waals surface area contributed by atoms with Crippen LogP contribution in [0.2, 0.25) is 0 Å². The molecule has 4 rings (SSSR count). The number of amides is 1. The number of rotatable bonds is 7. The van der Waals surface area contributed by atoms with Gasteiger partial charge in [0.1, 0.15) is 11.4 Å². The Morgan fingerprint density at radius 3 is 2.74 bits per heavy atom. The Labute approximate surface area is 162 Å². The molecule has 1 saturated heterocycles. The average molecular weight is 375 g/mol. The van der Waals surface area contributed by atoms with Crippen LogP contribution in [0.5, 0.6) is 0 Å². The Morgan fingerprint density at radius 2 is 2.07 bits per heavy atom. The number of aromatic nitrogens is 2. The molecular weight excluding hydrogens is 340 g/mol. The van der Waals surface area contributed by atoms with Crippen molar-refractivity contribution in [2.45, 2.75) is 70.6 Å². The van der Waals surface area contributed by atoms with Crippen molar-refractivity contribution in [2.24, 2.45) is 11.8 Å². The summed E-state index contributed by atoms with van der Waals surface area (Å²) in [6.07, 6.45) is 10.2. The molecular formula is C21H34N4O2. The summed E-state index contributed by atoms with van der Waals surface area (Å²) in [4.78, 5) is 19.9. The first-order valence-corrected chi connectivity index (χ1v) is 10.8. The molecule has 1 atom stereocenters. The Bertz CT molecular complexity index is 642. The first kappa shape index (κ1) is 18.9. The highest BCUT2D eigenvalue weighted by atomic mass is 16.5. The van der Waals surface area contributed by atoms with Crippen molar-refractivity contribution in [2.75, 3.05) is 26.2 Å². The van der Waals surface area contributed by atoms with E-state index in [2.05, 4.69) is 33.6 Å². The molecule has 27 heavy (non-hydrogen) atoms. The summed E-state index contributed by atoms with van der Waals surface area (Å²) in [5.74, 6) is 2.51. The highest BCUT2D eigenvalue weighted by Gasteiger charge is 2.47. The number of carbonyl (C=O) groups is 1. The molecule has 1 N–H and O–H groups in total. The van der Waals surface area contributed by atoms with Gasteiger partial charge >= 0.3 is 0 Å². The maximum Gasteiger partial charge on any atom is 0.251 e. The van der Waals surface area contributed by atoms with E-state index >= 15 is 0 Å². The second-order valence-electron chi connectivity index (χ2n) is 8.68. The number of nitrogens with one attached hydrogen (secondary N) is 1. The van der Waals surface area contributed by atoms with Gasteiger partial charge in [-0.3, -0.25) is 4.79 Å². The summed E-state index contributed by atoms with van der Waals surface area (Å²) >= 11 is 0. The number of nitrogens with zero attached hydrogens (tertiary/aromatic N) is 3. The number of imidazole rings is 1. The molecule has 2 fully saturated rings. The fourth-order valence-electron chi connectivity index (χ4n) is 4.56. The summed E-state index contributed by atoms with van der Waals surface area (Å²) < 4.78 is 8.64. The molecule has 6 nitrogen and oxygen atoms in total. The van der Waals surface area contributed by atoms with Crippen molar-refractivity contribution < 1.29 is 9.53 Å². The fraction of sp³-hybridized carbons (Fsp3) is 0.810. The average Bonchev–Trinajstić information content (AvgIpc) is 3.40. The molecule has 0 aromatic carbocycles. The topological polar surface area (TPSA) is 59.4 Å². The molecule has 6 heteroatoms. The lowest BCUT2D eigenvalue weighted by Gasteiger charge is -2.46. The van der Waals surface area contributed by atoms with Crippen LogP contribution in [-0.4, -0.2) is 52.6 Å². The molecule has 1 spiro atoms. The summed E-state index contributed by atoms with van der Waals surface area (Å²) in [6.45, 7) is 9.14. The molecule has 1 saturated carbocycles. The van der Waals surface area contributed by atoms with Gasteiger partial charge in [-0.1, -0.05) is 26.7 Å². The van der Waals surface area contributed by atoms with Gasteiger partial charge in [0.25, 0.3) is 5.91 Å². The molecule has 1 aliphatic carbocycles. The van der Waals surface area contributed by atoms with Crippen LogP contribution in [0, 0.1) is 11.8 Å². The Kier molecular flexibility index (Phi) is 5.55. The highest BCUT2D eigenvalue weighted by Crippen LogP contribution is 2.40. The van der Waals surface area contributed by atoms with Gasteiger partial charge in [-0.2, -0.15) is 0 Å². The van der Waals surface area contributed by atoms with Gasteiger partial charge in [0.2, 0.25) is 0 Å². The molecule has 1 aromatic rings. The van der Waals surface area contributed by atoms with Crippen LogP contribution >= 0.6 is 0 Å². The van der Waals surface area contributed by atoms with E-state index < -0.39 is 11.7 Å². The van der Waals surface area contributed by atoms with Crippen molar-refractivity contribution >= 4 is 5.91 Å². The second kappa shape index (κ2) is 7.92. The number of hydrogen-bond acceptors (Lipinski definition) is 4. The number of likely N-dealkylation sites (tertiary alicyclic amines) is 1. The zero-order chi connectivity index (χ0) is 18.9. The lowest BCUT2D eigenvalue weighted by atomic mass is 9.87. The molecule has 0 radical (unpaired) electrons. The predicted octanol–water partition coefficient (Wildman–Crippen LogP) is 2.54. The van der Waals surface area contributed by atoms with Crippen molar-refractivity contribution in [3.05, 3.63) is 18.2 Å². The van der Waals surface area contributed by atoms with Crippen molar-refractivity contribution in [1.29, 1.82) is 0 Å². The van der Waals surface area contributed by atoms with E-state index in [1.165, 1.54) is 32.2 Å². The van der Waals surface area contributed by atoms with E-state index in [0.29, 0.717) is 12.5 Å². The largest absolute Gasteiger partial charge is 0.354 e. The van der Waals surface area contributed by atoms with Crippen LogP contribution in [0.1, 0.15) is 58.2 Å². The van der Waals surface area contributed by atoms with Crippen LogP contribution < -0.4 is 5.32 Å². The van der Waals surface area contributed by atoms with Gasteiger partial charge in [0.05, 0.1) is 6.54 Å². The highest BCUT2D eigenvalue weighted by molar-refractivity contribution is 5.81. The molecule has 1 aromatic heterocycles. The van der Waals surface area contributed by atoms with Gasteiger partial charge in [0, 0.05) is 38.6 Å². The van der Waals surface area contributed by atoms with Gasteiger partial charge in [-0.05, 0) is 37.5 Å². The Balaban J connectivity index is 1.42. The molecule has 0 unspecified atom stereocenters. The van der Waals surface area contributed by atoms with E-state index in [1.807, 2.05) is 12.4 Å². The lowest BCUT2D eigenvalue weighted by molar-refractivity contribution is -0.173. The molecule has 0 bridgehead atoms.